The van der Waals surface area contributed by atoms with Crippen molar-refractivity contribution >= 4 is 5.91 Å². The lowest BCUT2D eigenvalue weighted by Crippen LogP contribution is -2.38. The summed E-state index contributed by atoms with van der Waals surface area (Å²) in [6.45, 7) is 8.94. The smallest absolute Gasteiger partial charge is 0.258 e. The number of ether oxygens (including phenoxy) is 1. The van der Waals surface area contributed by atoms with E-state index in [9.17, 15) is 4.79 Å². The Labute approximate surface area is 162 Å². The SMILES string of the molecule is Cc1ccc(C(CNC(=O)COc2c(C)cccc2C)N2CCCC2)cc1. The van der Waals surface area contributed by atoms with Crippen LogP contribution in [0.15, 0.2) is 42.5 Å². The lowest BCUT2D eigenvalue weighted by molar-refractivity contribution is -0.123. The third-order valence-electron chi connectivity index (χ3n) is 5.29. The second-order valence-electron chi connectivity index (χ2n) is 7.48. The highest BCUT2D eigenvalue weighted by atomic mass is 16.5. The first-order valence-electron chi connectivity index (χ1n) is 9.81. The Balaban J connectivity index is 1.59. The van der Waals surface area contributed by atoms with E-state index in [1.54, 1.807) is 0 Å². The number of carbonyl (C=O) groups is 1. The first-order chi connectivity index (χ1) is 13.0. The van der Waals surface area contributed by atoms with Crippen LogP contribution in [0.4, 0.5) is 0 Å². The van der Waals surface area contributed by atoms with Gasteiger partial charge in [0.2, 0.25) is 0 Å². The van der Waals surface area contributed by atoms with Crippen molar-refractivity contribution in [3.8, 4) is 5.75 Å². The summed E-state index contributed by atoms with van der Waals surface area (Å²) in [5, 5.41) is 3.08. The largest absolute Gasteiger partial charge is 0.483 e. The number of hydrogen-bond acceptors (Lipinski definition) is 3. The summed E-state index contributed by atoms with van der Waals surface area (Å²) < 4.78 is 5.78. The van der Waals surface area contributed by atoms with Gasteiger partial charge in [-0.15, -0.1) is 0 Å². The van der Waals surface area contributed by atoms with Gasteiger partial charge in [-0.05, 0) is 63.4 Å². The fourth-order valence-corrected chi connectivity index (χ4v) is 3.73. The van der Waals surface area contributed by atoms with Crippen molar-refractivity contribution in [1.29, 1.82) is 0 Å². The number of benzene rings is 2. The van der Waals surface area contributed by atoms with E-state index in [1.165, 1.54) is 24.0 Å². The lowest BCUT2D eigenvalue weighted by atomic mass is 10.0. The van der Waals surface area contributed by atoms with Crippen molar-refractivity contribution in [2.45, 2.75) is 39.7 Å². The molecule has 144 valence electrons. The molecule has 1 saturated heterocycles. The second-order valence-corrected chi connectivity index (χ2v) is 7.48. The van der Waals surface area contributed by atoms with Gasteiger partial charge in [-0.25, -0.2) is 0 Å². The quantitative estimate of drug-likeness (QED) is 0.807. The predicted molar refractivity (Wildman–Crippen MR) is 109 cm³/mol. The summed E-state index contributed by atoms with van der Waals surface area (Å²) in [6, 6.07) is 14.9. The molecule has 0 aromatic heterocycles. The maximum atomic E-state index is 12.4. The molecular weight excluding hydrogens is 336 g/mol. The van der Waals surface area contributed by atoms with Gasteiger partial charge in [-0.3, -0.25) is 9.69 Å². The standard InChI is InChI=1S/C23H30N2O2/c1-17-9-11-20(12-10-17)21(25-13-4-5-14-25)15-24-22(26)16-27-23-18(2)7-6-8-19(23)3/h6-12,21H,4-5,13-16H2,1-3H3,(H,24,26). The second kappa shape index (κ2) is 9.05. The average Bonchev–Trinajstić information content (AvgIpc) is 3.17. The van der Waals surface area contributed by atoms with Crippen LogP contribution in [-0.2, 0) is 4.79 Å². The molecule has 0 saturated carbocycles. The Kier molecular flexibility index (Phi) is 6.51. The summed E-state index contributed by atoms with van der Waals surface area (Å²) >= 11 is 0. The molecule has 1 N–H and O–H groups in total. The van der Waals surface area contributed by atoms with Crippen molar-refractivity contribution in [2.75, 3.05) is 26.2 Å². The summed E-state index contributed by atoms with van der Waals surface area (Å²) in [4.78, 5) is 14.9. The van der Waals surface area contributed by atoms with Crippen molar-refractivity contribution in [2.24, 2.45) is 0 Å². The Morgan fingerprint density at radius 1 is 1.04 bits per heavy atom. The van der Waals surface area contributed by atoms with E-state index in [0.29, 0.717) is 6.54 Å². The molecule has 4 heteroatoms. The zero-order valence-electron chi connectivity index (χ0n) is 16.6. The zero-order valence-corrected chi connectivity index (χ0v) is 16.6. The van der Waals surface area contributed by atoms with Gasteiger partial charge in [0.15, 0.2) is 6.61 Å². The number of nitrogens with one attached hydrogen (secondary N) is 1. The number of aryl methyl sites for hydroxylation is 3. The van der Waals surface area contributed by atoms with E-state index < -0.39 is 0 Å². The van der Waals surface area contributed by atoms with E-state index in [1.807, 2.05) is 32.0 Å². The molecule has 0 bridgehead atoms. The molecule has 4 nitrogen and oxygen atoms in total. The molecule has 1 heterocycles. The molecule has 2 aromatic carbocycles. The van der Waals surface area contributed by atoms with Gasteiger partial charge < -0.3 is 10.1 Å². The fraction of sp³-hybridized carbons (Fsp3) is 0.435. The van der Waals surface area contributed by atoms with Gasteiger partial charge >= 0.3 is 0 Å². The normalized spacial score (nSPS) is 15.5. The summed E-state index contributed by atoms with van der Waals surface area (Å²) in [5.41, 5.74) is 4.62. The van der Waals surface area contributed by atoms with E-state index in [2.05, 4.69) is 41.4 Å². The average molecular weight is 367 g/mol. The number of para-hydroxylation sites is 1. The molecule has 1 aliphatic rings. The van der Waals surface area contributed by atoms with Crippen LogP contribution in [-0.4, -0.2) is 37.0 Å². The maximum absolute atomic E-state index is 12.4. The van der Waals surface area contributed by atoms with Crippen LogP contribution >= 0.6 is 0 Å². The molecule has 1 fully saturated rings. The van der Waals surface area contributed by atoms with Gasteiger partial charge in [0.25, 0.3) is 5.91 Å². The molecule has 1 aliphatic heterocycles. The number of amides is 1. The van der Waals surface area contributed by atoms with Crippen molar-refractivity contribution in [3.63, 3.8) is 0 Å². The van der Waals surface area contributed by atoms with E-state index in [4.69, 9.17) is 4.74 Å². The Morgan fingerprint density at radius 2 is 1.67 bits per heavy atom. The topological polar surface area (TPSA) is 41.6 Å². The minimum Gasteiger partial charge on any atom is -0.483 e. The van der Waals surface area contributed by atoms with Gasteiger partial charge in [-0.2, -0.15) is 0 Å². The lowest BCUT2D eigenvalue weighted by Gasteiger charge is -2.28. The highest BCUT2D eigenvalue weighted by Crippen LogP contribution is 2.25. The summed E-state index contributed by atoms with van der Waals surface area (Å²) in [6.07, 6.45) is 2.46. The number of likely N-dealkylation sites (tertiary alicyclic amines) is 1. The van der Waals surface area contributed by atoms with Gasteiger partial charge in [0.1, 0.15) is 5.75 Å². The van der Waals surface area contributed by atoms with E-state index in [0.717, 1.165) is 30.0 Å². The third kappa shape index (κ3) is 5.10. The molecule has 0 spiro atoms. The summed E-state index contributed by atoms with van der Waals surface area (Å²) in [7, 11) is 0. The van der Waals surface area contributed by atoms with Gasteiger partial charge in [0.05, 0.1) is 6.04 Å². The van der Waals surface area contributed by atoms with Crippen LogP contribution in [0.25, 0.3) is 0 Å². The Bertz CT molecular complexity index is 744. The van der Waals surface area contributed by atoms with Crippen molar-refractivity contribution < 1.29 is 9.53 Å². The summed E-state index contributed by atoms with van der Waals surface area (Å²) in [5.74, 6) is 0.733. The Morgan fingerprint density at radius 3 is 2.30 bits per heavy atom. The molecule has 1 unspecified atom stereocenters. The number of carbonyl (C=O) groups excluding carboxylic acids is 1. The highest BCUT2D eigenvalue weighted by Gasteiger charge is 2.24. The highest BCUT2D eigenvalue weighted by molar-refractivity contribution is 5.77. The zero-order chi connectivity index (χ0) is 19.2. The molecule has 1 atom stereocenters. The molecule has 2 aromatic rings. The predicted octanol–water partition coefficient (Wildman–Crippen LogP) is 3.94. The Hall–Kier alpha value is -2.33. The van der Waals surface area contributed by atoms with Crippen LogP contribution in [0, 0.1) is 20.8 Å². The minimum atomic E-state index is -0.0750. The first kappa shape index (κ1) is 19.4. The van der Waals surface area contributed by atoms with Crippen molar-refractivity contribution in [1.82, 2.24) is 10.2 Å². The van der Waals surface area contributed by atoms with E-state index in [-0.39, 0.29) is 18.6 Å². The fourth-order valence-electron chi connectivity index (χ4n) is 3.73. The molecule has 0 radical (unpaired) electrons. The molecule has 3 rings (SSSR count). The van der Waals surface area contributed by atoms with Crippen LogP contribution in [0.3, 0.4) is 0 Å². The molecule has 1 amide bonds. The van der Waals surface area contributed by atoms with Crippen LogP contribution in [0.2, 0.25) is 0 Å². The third-order valence-corrected chi connectivity index (χ3v) is 5.29. The monoisotopic (exact) mass is 366 g/mol. The van der Waals surface area contributed by atoms with Crippen LogP contribution in [0.1, 0.15) is 41.1 Å². The molecular formula is C23H30N2O2. The van der Waals surface area contributed by atoms with Crippen molar-refractivity contribution in [3.05, 3.63) is 64.7 Å². The maximum Gasteiger partial charge on any atom is 0.258 e. The number of rotatable bonds is 7. The number of nitrogens with zero attached hydrogens (tertiary/aromatic N) is 1. The van der Waals surface area contributed by atoms with Crippen LogP contribution < -0.4 is 10.1 Å². The molecule has 27 heavy (non-hydrogen) atoms. The van der Waals surface area contributed by atoms with Gasteiger partial charge in [0, 0.05) is 6.54 Å². The van der Waals surface area contributed by atoms with Crippen LogP contribution in [0.5, 0.6) is 5.75 Å². The van der Waals surface area contributed by atoms with E-state index >= 15 is 0 Å². The molecule has 0 aliphatic carbocycles. The number of hydrogen-bond donors (Lipinski definition) is 1. The minimum absolute atomic E-state index is 0.0479. The van der Waals surface area contributed by atoms with Gasteiger partial charge in [-0.1, -0.05) is 48.0 Å². The first-order valence-corrected chi connectivity index (χ1v) is 9.81.